The van der Waals surface area contributed by atoms with E-state index < -0.39 is 66.9 Å². The van der Waals surface area contributed by atoms with E-state index in [9.17, 15) is 29.1 Å². The molecule has 154 valence electrons. The van der Waals surface area contributed by atoms with Gasteiger partial charge < -0.3 is 37.0 Å². The highest BCUT2D eigenvalue weighted by atomic mass is 16.4. The van der Waals surface area contributed by atoms with Crippen LogP contribution < -0.4 is 21.7 Å². The van der Waals surface area contributed by atoms with Crippen molar-refractivity contribution in [3.05, 3.63) is 0 Å². The zero-order chi connectivity index (χ0) is 21.3. The standard InChI is InChI=1S/C15H26N4O8/c1-6(2)11(16)13(24)17-5-9(21)19-12(7(3)20)14(25)18-8(15(26)27)4-10(22)23/h6-8,11-12,20H,4-5,16H2,1-3H3,(H,17,24)(H,18,25)(H,19,21)(H,22,23)(H,26,27). The van der Waals surface area contributed by atoms with Crippen LogP contribution in [0.5, 0.6) is 0 Å². The Bertz CT molecular complexity index is 578. The van der Waals surface area contributed by atoms with Crippen molar-refractivity contribution in [1.29, 1.82) is 0 Å². The lowest BCUT2D eigenvalue weighted by Gasteiger charge is -2.23. The van der Waals surface area contributed by atoms with Crippen LogP contribution in [0.3, 0.4) is 0 Å². The maximum Gasteiger partial charge on any atom is 0.326 e. The van der Waals surface area contributed by atoms with Gasteiger partial charge in [-0.05, 0) is 12.8 Å². The molecule has 0 aromatic rings. The number of nitrogens with two attached hydrogens (primary N) is 1. The Kier molecular flexibility index (Phi) is 9.96. The van der Waals surface area contributed by atoms with E-state index in [1.54, 1.807) is 13.8 Å². The number of amides is 3. The molecule has 12 heteroatoms. The van der Waals surface area contributed by atoms with Gasteiger partial charge in [0, 0.05) is 0 Å². The number of carboxylic acid groups (broad SMARTS) is 2. The zero-order valence-corrected chi connectivity index (χ0v) is 15.3. The maximum atomic E-state index is 12.1. The van der Waals surface area contributed by atoms with Gasteiger partial charge in [-0.2, -0.15) is 0 Å². The van der Waals surface area contributed by atoms with Crippen molar-refractivity contribution >= 4 is 29.7 Å². The van der Waals surface area contributed by atoms with Gasteiger partial charge >= 0.3 is 11.9 Å². The van der Waals surface area contributed by atoms with Crippen LogP contribution in [0, 0.1) is 5.92 Å². The zero-order valence-electron chi connectivity index (χ0n) is 15.3. The molecule has 27 heavy (non-hydrogen) atoms. The second kappa shape index (κ2) is 11.1. The minimum absolute atomic E-state index is 0.161. The van der Waals surface area contributed by atoms with Crippen LogP contribution in [0.1, 0.15) is 27.2 Å². The Morgan fingerprint density at radius 3 is 1.93 bits per heavy atom. The number of carbonyl (C=O) groups excluding carboxylic acids is 3. The molecular weight excluding hydrogens is 364 g/mol. The largest absolute Gasteiger partial charge is 0.481 e. The van der Waals surface area contributed by atoms with Gasteiger partial charge in [-0.3, -0.25) is 19.2 Å². The van der Waals surface area contributed by atoms with Crippen molar-refractivity contribution in [3.8, 4) is 0 Å². The quantitative estimate of drug-likeness (QED) is 0.191. The highest BCUT2D eigenvalue weighted by molar-refractivity contribution is 5.93. The molecule has 8 N–H and O–H groups in total. The van der Waals surface area contributed by atoms with Gasteiger partial charge in [-0.25, -0.2) is 4.79 Å². The van der Waals surface area contributed by atoms with E-state index in [2.05, 4.69) is 10.6 Å². The van der Waals surface area contributed by atoms with Crippen LogP contribution in [-0.2, 0) is 24.0 Å². The second-order valence-electron chi connectivity index (χ2n) is 6.27. The van der Waals surface area contributed by atoms with Crippen molar-refractivity contribution in [1.82, 2.24) is 16.0 Å². The van der Waals surface area contributed by atoms with Crippen molar-refractivity contribution in [2.45, 2.75) is 51.4 Å². The summed E-state index contributed by atoms with van der Waals surface area (Å²) < 4.78 is 0. The molecule has 0 aliphatic rings. The number of rotatable bonds is 11. The van der Waals surface area contributed by atoms with E-state index in [0.29, 0.717) is 0 Å². The molecule has 12 nitrogen and oxygen atoms in total. The summed E-state index contributed by atoms with van der Waals surface area (Å²) in [6, 6.07) is -4.12. The molecule has 0 spiro atoms. The molecule has 0 saturated carbocycles. The van der Waals surface area contributed by atoms with Crippen LogP contribution in [0.2, 0.25) is 0 Å². The fourth-order valence-electron chi connectivity index (χ4n) is 1.85. The summed E-state index contributed by atoms with van der Waals surface area (Å²) in [5.41, 5.74) is 5.62. The Morgan fingerprint density at radius 1 is 0.963 bits per heavy atom. The van der Waals surface area contributed by atoms with Crippen LogP contribution in [0.25, 0.3) is 0 Å². The number of aliphatic carboxylic acids is 2. The highest BCUT2D eigenvalue weighted by Crippen LogP contribution is 1.99. The van der Waals surface area contributed by atoms with Gasteiger partial charge in [0.2, 0.25) is 17.7 Å². The van der Waals surface area contributed by atoms with E-state index in [-0.39, 0.29) is 5.92 Å². The molecule has 0 aromatic carbocycles. The molecule has 3 amide bonds. The number of hydrogen-bond acceptors (Lipinski definition) is 7. The number of hydrogen-bond donors (Lipinski definition) is 7. The SMILES string of the molecule is CC(C)C(N)C(=O)NCC(=O)NC(C(=O)NC(CC(=O)O)C(=O)O)C(C)O. The highest BCUT2D eigenvalue weighted by Gasteiger charge is 2.31. The van der Waals surface area contributed by atoms with Crippen molar-refractivity contribution in [3.63, 3.8) is 0 Å². The summed E-state index contributed by atoms with van der Waals surface area (Å²) in [6.45, 7) is 4.08. The second-order valence-corrected chi connectivity index (χ2v) is 6.27. The number of carboxylic acids is 2. The van der Waals surface area contributed by atoms with Gasteiger partial charge in [-0.15, -0.1) is 0 Å². The van der Waals surface area contributed by atoms with Crippen LogP contribution in [-0.4, -0.2) is 75.8 Å². The topological polar surface area (TPSA) is 208 Å². The van der Waals surface area contributed by atoms with Crippen LogP contribution in [0.15, 0.2) is 0 Å². The van der Waals surface area contributed by atoms with Crippen LogP contribution in [0.4, 0.5) is 0 Å². The van der Waals surface area contributed by atoms with Crippen molar-refractivity contribution < 1.29 is 39.3 Å². The first-order valence-electron chi connectivity index (χ1n) is 8.12. The Morgan fingerprint density at radius 2 is 1.52 bits per heavy atom. The first-order valence-corrected chi connectivity index (χ1v) is 8.12. The van der Waals surface area contributed by atoms with Crippen molar-refractivity contribution in [2.24, 2.45) is 11.7 Å². The average Bonchev–Trinajstić information content (AvgIpc) is 2.54. The van der Waals surface area contributed by atoms with Gasteiger partial charge in [0.1, 0.15) is 12.1 Å². The van der Waals surface area contributed by atoms with E-state index in [1.165, 1.54) is 6.92 Å². The van der Waals surface area contributed by atoms with E-state index in [1.807, 2.05) is 5.32 Å². The Balaban J connectivity index is 4.85. The molecule has 0 radical (unpaired) electrons. The summed E-state index contributed by atoms with van der Waals surface area (Å²) in [5, 5.41) is 33.6. The lowest BCUT2D eigenvalue weighted by atomic mass is 10.1. The molecule has 4 atom stereocenters. The summed E-state index contributed by atoms with van der Waals surface area (Å²) in [4.78, 5) is 57.3. The summed E-state index contributed by atoms with van der Waals surface area (Å²) in [7, 11) is 0. The predicted octanol–water partition coefficient (Wildman–Crippen LogP) is -3.00. The normalized spacial score (nSPS) is 15.2. The number of aliphatic hydroxyl groups is 1. The fraction of sp³-hybridized carbons (Fsp3) is 0.667. The van der Waals surface area contributed by atoms with Gasteiger partial charge in [-0.1, -0.05) is 13.8 Å². The smallest absolute Gasteiger partial charge is 0.326 e. The lowest BCUT2D eigenvalue weighted by Crippen LogP contribution is -2.57. The minimum Gasteiger partial charge on any atom is -0.481 e. The molecule has 4 unspecified atom stereocenters. The third-order valence-corrected chi connectivity index (χ3v) is 3.52. The van der Waals surface area contributed by atoms with E-state index in [4.69, 9.17) is 15.9 Å². The maximum absolute atomic E-state index is 12.1. The molecule has 0 aliphatic carbocycles. The molecule has 0 rings (SSSR count). The monoisotopic (exact) mass is 390 g/mol. The van der Waals surface area contributed by atoms with Crippen LogP contribution >= 0.6 is 0 Å². The fourth-order valence-corrected chi connectivity index (χ4v) is 1.85. The first-order chi connectivity index (χ1) is 12.4. The summed E-state index contributed by atoms with van der Waals surface area (Å²) in [5.74, 6) is -5.69. The molecule has 0 bridgehead atoms. The lowest BCUT2D eigenvalue weighted by molar-refractivity contribution is -0.147. The first kappa shape index (κ1) is 24.3. The summed E-state index contributed by atoms with van der Waals surface area (Å²) in [6.07, 6.45) is -2.30. The molecule has 0 heterocycles. The molecule has 0 saturated heterocycles. The third-order valence-electron chi connectivity index (χ3n) is 3.52. The van der Waals surface area contributed by atoms with Crippen molar-refractivity contribution in [2.75, 3.05) is 6.54 Å². The number of carbonyl (C=O) groups is 5. The third kappa shape index (κ3) is 8.96. The average molecular weight is 390 g/mol. The number of nitrogens with one attached hydrogen (secondary N) is 3. The number of aliphatic hydroxyl groups excluding tert-OH is 1. The predicted molar refractivity (Wildman–Crippen MR) is 91.3 cm³/mol. The minimum atomic E-state index is -1.74. The Labute approximate surface area is 155 Å². The molecule has 0 fully saturated rings. The van der Waals surface area contributed by atoms with E-state index >= 15 is 0 Å². The van der Waals surface area contributed by atoms with Gasteiger partial charge in [0.25, 0.3) is 0 Å². The molecular formula is C15H26N4O8. The molecule has 0 aromatic heterocycles. The Hall–Kier alpha value is -2.73. The van der Waals surface area contributed by atoms with Gasteiger partial charge in [0.15, 0.2) is 0 Å². The van der Waals surface area contributed by atoms with Gasteiger partial charge in [0.05, 0.1) is 25.1 Å². The molecule has 0 aliphatic heterocycles. The summed E-state index contributed by atoms with van der Waals surface area (Å²) >= 11 is 0. The van der Waals surface area contributed by atoms with E-state index in [0.717, 1.165) is 0 Å².